The lowest BCUT2D eigenvalue weighted by Crippen LogP contribution is -2.29. The highest BCUT2D eigenvalue weighted by atomic mass is 16.7. The zero-order chi connectivity index (χ0) is 29.4. The van der Waals surface area contributed by atoms with Crippen LogP contribution in [-0.4, -0.2) is 47.8 Å². The molecule has 9 nitrogen and oxygen atoms in total. The van der Waals surface area contributed by atoms with E-state index in [0.29, 0.717) is 23.8 Å². The van der Waals surface area contributed by atoms with E-state index in [4.69, 9.17) is 9.82 Å². The van der Waals surface area contributed by atoms with E-state index in [-0.39, 0.29) is 11.2 Å². The number of aryl methyl sites for hydroxylation is 1. The van der Waals surface area contributed by atoms with Crippen molar-refractivity contribution in [3.05, 3.63) is 94.0 Å². The Morgan fingerprint density at radius 2 is 1.88 bits per heavy atom. The highest BCUT2D eigenvalue weighted by molar-refractivity contribution is 5.80. The van der Waals surface area contributed by atoms with Crippen LogP contribution in [0, 0.1) is 0 Å². The fourth-order valence-electron chi connectivity index (χ4n) is 6.78. The Morgan fingerprint density at radius 3 is 2.63 bits per heavy atom. The van der Waals surface area contributed by atoms with Gasteiger partial charge in [-0.2, -0.15) is 10.3 Å². The van der Waals surface area contributed by atoms with Crippen LogP contribution in [-0.2, 0) is 23.4 Å². The molecule has 5 aromatic rings. The van der Waals surface area contributed by atoms with Gasteiger partial charge < -0.3 is 0 Å². The van der Waals surface area contributed by atoms with Crippen molar-refractivity contribution in [3.63, 3.8) is 0 Å². The van der Waals surface area contributed by atoms with E-state index in [1.807, 2.05) is 28.8 Å². The maximum Gasteiger partial charge on any atom is 0.261 e. The molecule has 220 valence electrons. The molecule has 0 amide bonds. The van der Waals surface area contributed by atoms with Crippen molar-refractivity contribution >= 4 is 10.9 Å². The molecule has 43 heavy (non-hydrogen) atoms. The van der Waals surface area contributed by atoms with Crippen LogP contribution in [0.3, 0.4) is 0 Å². The number of tetrazole rings is 1. The number of unbranched alkanes of at least 4 members (excludes halogenated alkanes) is 1. The third-order valence-electron chi connectivity index (χ3n) is 9.18. The Hall–Kier alpha value is -4.21. The van der Waals surface area contributed by atoms with E-state index >= 15 is 0 Å². The van der Waals surface area contributed by atoms with Crippen LogP contribution in [0.2, 0.25) is 0 Å². The number of H-pyrrole nitrogens is 1. The molecule has 0 radical (unpaired) electrons. The molecule has 2 atom stereocenters. The monoisotopic (exact) mass is 575 g/mol. The summed E-state index contributed by atoms with van der Waals surface area (Å²) in [6.07, 6.45) is 6.96. The first-order chi connectivity index (χ1) is 21.1. The Kier molecular flexibility index (Phi) is 7.36. The van der Waals surface area contributed by atoms with E-state index in [0.717, 1.165) is 77.8 Å². The average Bonchev–Trinajstić information content (AvgIpc) is 3.80. The van der Waals surface area contributed by atoms with E-state index in [1.165, 1.54) is 12.8 Å². The third kappa shape index (κ3) is 5.06. The molecule has 2 aromatic heterocycles. The van der Waals surface area contributed by atoms with E-state index in [1.54, 1.807) is 0 Å². The van der Waals surface area contributed by atoms with Gasteiger partial charge >= 0.3 is 0 Å². The summed E-state index contributed by atoms with van der Waals surface area (Å²) in [4.78, 5) is 25.8. The smallest absolute Gasteiger partial charge is 0.261 e. The minimum atomic E-state index is -0.384. The van der Waals surface area contributed by atoms with Gasteiger partial charge in [-0.3, -0.25) is 14.2 Å². The highest BCUT2D eigenvalue weighted by Crippen LogP contribution is 2.46. The normalized spacial score (nSPS) is 20.2. The lowest BCUT2D eigenvalue weighted by atomic mass is 9.85. The van der Waals surface area contributed by atoms with Crippen molar-refractivity contribution in [1.82, 2.24) is 35.2 Å². The van der Waals surface area contributed by atoms with Gasteiger partial charge in [0.1, 0.15) is 11.4 Å². The van der Waals surface area contributed by atoms with Crippen molar-refractivity contribution in [3.8, 4) is 22.5 Å². The molecular weight excluding hydrogens is 538 g/mol. The predicted molar refractivity (Wildman–Crippen MR) is 166 cm³/mol. The molecular formula is C34H37N7O2. The minimum absolute atomic E-state index is 0.00855. The van der Waals surface area contributed by atoms with Crippen LogP contribution >= 0.6 is 0 Å². The zero-order valence-corrected chi connectivity index (χ0v) is 24.8. The number of nitrogens with one attached hydrogen (secondary N) is 1. The standard InChI is InChI=1S/C34H37N7O2/c1-3-5-12-31-35-30-18-17-25(34(4-2)21-26-9-8-19-41(26)43-34)20-29(30)33(42)40(31)22-23-13-15-24(16-14-23)27-10-6-7-11-28(27)32-36-38-39-37-32/h6-7,10-11,13-18,20,26H,3-5,8-9,12,19,21-22H2,1-2H3,(H,36,37,38,39)/t26-,34-/m1/s1. The largest absolute Gasteiger partial charge is 0.292 e. The number of hydroxylamine groups is 2. The predicted octanol–water partition coefficient (Wildman–Crippen LogP) is 6.04. The highest BCUT2D eigenvalue weighted by Gasteiger charge is 2.47. The van der Waals surface area contributed by atoms with Gasteiger partial charge in [-0.15, -0.1) is 10.2 Å². The summed E-state index contributed by atoms with van der Waals surface area (Å²) in [5.41, 5.74) is 5.49. The summed E-state index contributed by atoms with van der Waals surface area (Å²) in [7, 11) is 0. The Bertz CT molecular complexity index is 1780. The quantitative estimate of drug-likeness (QED) is 0.229. The number of hydrogen-bond donors (Lipinski definition) is 1. The molecule has 2 aliphatic heterocycles. The van der Waals surface area contributed by atoms with Crippen LogP contribution in [0.25, 0.3) is 33.4 Å². The fourth-order valence-corrected chi connectivity index (χ4v) is 6.78. The Balaban J connectivity index is 1.24. The molecule has 1 N–H and O–H groups in total. The lowest BCUT2D eigenvalue weighted by Gasteiger charge is -2.28. The number of nitrogens with zero attached hydrogens (tertiary/aromatic N) is 6. The van der Waals surface area contributed by atoms with E-state index < -0.39 is 0 Å². The minimum Gasteiger partial charge on any atom is -0.292 e. The molecule has 0 spiro atoms. The number of aromatic amines is 1. The van der Waals surface area contributed by atoms with E-state index in [9.17, 15) is 4.79 Å². The molecule has 9 heteroatoms. The number of rotatable bonds is 9. The number of aromatic nitrogens is 6. The summed E-state index contributed by atoms with van der Waals surface area (Å²) in [5.74, 6) is 1.39. The Labute approximate surface area is 250 Å². The molecule has 0 unspecified atom stereocenters. The molecule has 0 aliphatic carbocycles. The van der Waals surface area contributed by atoms with Crippen LogP contribution in [0.5, 0.6) is 0 Å². The van der Waals surface area contributed by atoms with Crippen molar-refractivity contribution < 1.29 is 4.84 Å². The number of benzene rings is 3. The second-order valence-corrected chi connectivity index (χ2v) is 11.8. The van der Waals surface area contributed by atoms with Crippen LogP contribution in [0.15, 0.2) is 71.5 Å². The maximum absolute atomic E-state index is 14.2. The van der Waals surface area contributed by atoms with Crippen molar-refractivity contribution in [2.24, 2.45) is 0 Å². The molecule has 2 aliphatic rings. The van der Waals surface area contributed by atoms with E-state index in [2.05, 4.69) is 82.0 Å². The number of fused-ring (bicyclic) bond motifs is 2. The summed E-state index contributed by atoms with van der Waals surface area (Å²) in [6, 6.07) is 23.0. The van der Waals surface area contributed by atoms with Crippen molar-refractivity contribution in [1.29, 1.82) is 0 Å². The van der Waals surface area contributed by atoms with Gasteiger partial charge in [0.05, 0.1) is 17.4 Å². The van der Waals surface area contributed by atoms with Gasteiger partial charge in [-0.1, -0.05) is 74.9 Å². The van der Waals surface area contributed by atoms with Gasteiger partial charge in [0.2, 0.25) is 5.82 Å². The SMILES string of the molecule is CCCCc1nc2ccc([C@@]3(CC)C[C@H]4CCCN4O3)cc2c(=O)n1Cc1ccc(-c2ccccc2-c2nn[nH]n2)cc1. The van der Waals surface area contributed by atoms with Crippen LogP contribution < -0.4 is 5.56 Å². The van der Waals surface area contributed by atoms with Gasteiger partial charge in [0, 0.05) is 31.0 Å². The average molecular weight is 576 g/mol. The molecule has 2 fully saturated rings. The fraction of sp³-hybridized carbons (Fsp3) is 0.382. The zero-order valence-electron chi connectivity index (χ0n) is 24.8. The molecule has 0 bridgehead atoms. The molecule has 2 saturated heterocycles. The summed E-state index contributed by atoms with van der Waals surface area (Å²) in [5, 5.41) is 17.4. The Morgan fingerprint density at radius 1 is 1.05 bits per heavy atom. The topological polar surface area (TPSA) is 102 Å². The van der Waals surface area contributed by atoms with Gasteiger partial charge in [0.25, 0.3) is 5.56 Å². The molecule has 0 saturated carbocycles. The van der Waals surface area contributed by atoms with Gasteiger partial charge in [-0.25, -0.2) is 4.98 Å². The molecule has 7 rings (SSSR count). The number of hydrogen-bond acceptors (Lipinski definition) is 7. The summed E-state index contributed by atoms with van der Waals surface area (Å²) in [6.45, 7) is 5.79. The summed E-state index contributed by atoms with van der Waals surface area (Å²) >= 11 is 0. The van der Waals surface area contributed by atoms with Gasteiger partial charge in [-0.05, 0) is 65.3 Å². The second-order valence-electron chi connectivity index (χ2n) is 11.8. The second kappa shape index (κ2) is 11.5. The molecule has 4 heterocycles. The third-order valence-corrected chi connectivity index (χ3v) is 9.18. The first-order valence-electron chi connectivity index (χ1n) is 15.5. The van der Waals surface area contributed by atoms with Crippen molar-refractivity contribution in [2.75, 3.05) is 6.54 Å². The maximum atomic E-state index is 14.2. The summed E-state index contributed by atoms with van der Waals surface area (Å²) < 4.78 is 1.87. The first kappa shape index (κ1) is 27.6. The van der Waals surface area contributed by atoms with Crippen LogP contribution in [0.1, 0.15) is 69.3 Å². The van der Waals surface area contributed by atoms with Gasteiger partial charge in [0.15, 0.2) is 0 Å². The lowest BCUT2D eigenvalue weighted by molar-refractivity contribution is -0.200. The molecule has 3 aromatic carbocycles. The van der Waals surface area contributed by atoms with Crippen molar-refractivity contribution in [2.45, 2.75) is 77.0 Å². The van der Waals surface area contributed by atoms with Crippen LogP contribution in [0.4, 0.5) is 0 Å². The first-order valence-corrected chi connectivity index (χ1v) is 15.5.